The van der Waals surface area contributed by atoms with Crippen molar-refractivity contribution >= 4 is 0 Å². The minimum absolute atomic E-state index is 0.221. The third-order valence-corrected chi connectivity index (χ3v) is 2.31. The van der Waals surface area contributed by atoms with Gasteiger partial charge in [0.05, 0.1) is 7.11 Å². The van der Waals surface area contributed by atoms with Crippen LogP contribution in [-0.4, -0.2) is 12.1 Å². The fourth-order valence-corrected chi connectivity index (χ4v) is 1.50. The Morgan fingerprint density at radius 3 is 2.71 bits per heavy atom. The summed E-state index contributed by atoms with van der Waals surface area (Å²) in [5, 5.41) is 0. The molecular weight excluding hydrogens is 181 g/mol. The summed E-state index contributed by atoms with van der Waals surface area (Å²) in [6, 6.07) is 3.45. The first-order valence-corrected chi connectivity index (χ1v) is 4.89. The van der Waals surface area contributed by atoms with Crippen molar-refractivity contribution in [3.05, 3.63) is 23.6 Å². The molecule has 0 fully saturated rings. The standard InChI is InChI=1S/C11H16FNO/c1-4-5-8(2)9-6-7-10(14-3)13-11(9)12/h6-8H,4-5H2,1-3H3. The molecule has 1 unspecified atom stereocenters. The van der Waals surface area contributed by atoms with Gasteiger partial charge in [0.25, 0.3) is 0 Å². The molecule has 0 aromatic carbocycles. The average Bonchev–Trinajstić information content (AvgIpc) is 2.17. The van der Waals surface area contributed by atoms with Gasteiger partial charge in [-0.05, 0) is 18.4 Å². The summed E-state index contributed by atoms with van der Waals surface area (Å²) >= 11 is 0. The van der Waals surface area contributed by atoms with Crippen LogP contribution in [0.5, 0.6) is 5.88 Å². The van der Waals surface area contributed by atoms with Gasteiger partial charge in [-0.1, -0.05) is 20.3 Å². The smallest absolute Gasteiger partial charge is 0.219 e. The summed E-state index contributed by atoms with van der Waals surface area (Å²) in [6.07, 6.45) is 2.03. The van der Waals surface area contributed by atoms with E-state index in [-0.39, 0.29) is 5.92 Å². The van der Waals surface area contributed by atoms with E-state index in [1.165, 1.54) is 7.11 Å². The van der Waals surface area contributed by atoms with Crippen LogP contribution < -0.4 is 4.74 Å². The molecule has 1 atom stereocenters. The molecule has 14 heavy (non-hydrogen) atoms. The summed E-state index contributed by atoms with van der Waals surface area (Å²) < 4.78 is 18.3. The summed E-state index contributed by atoms with van der Waals surface area (Å²) in [6.45, 7) is 4.10. The second-order valence-electron chi connectivity index (χ2n) is 3.42. The molecule has 0 aliphatic heterocycles. The molecule has 3 heteroatoms. The van der Waals surface area contributed by atoms with Crippen LogP contribution in [0.4, 0.5) is 4.39 Å². The Morgan fingerprint density at radius 1 is 1.50 bits per heavy atom. The highest BCUT2D eigenvalue weighted by Gasteiger charge is 2.11. The van der Waals surface area contributed by atoms with Gasteiger partial charge < -0.3 is 4.74 Å². The van der Waals surface area contributed by atoms with Crippen LogP contribution in [0.2, 0.25) is 0 Å². The van der Waals surface area contributed by atoms with Crippen LogP contribution in [0, 0.1) is 5.95 Å². The minimum atomic E-state index is -0.412. The third kappa shape index (κ3) is 2.44. The number of hydrogen-bond acceptors (Lipinski definition) is 2. The maximum Gasteiger partial charge on any atom is 0.219 e. The summed E-state index contributed by atoms with van der Waals surface area (Å²) in [5.41, 5.74) is 0.674. The molecule has 1 aromatic rings. The maximum absolute atomic E-state index is 13.4. The van der Waals surface area contributed by atoms with Crippen molar-refractivity contribution in [3.8, 4) is 5.88 Å². The van der Waals surface area contributed by atoms with Crippen molar-refractivity contribution in [2.45, 2.75) is 32.6 Å². The lowest BCUT2D eigenvalue weighted by Crippen LogP contribution is -2.00. The number of pyridine rings is 1. The number of halogens is 1. The van der Waals surface area contributed by atoms with E-state index >= 15 is 0 Å². The van der Waals surface area contributed by atoms with Gasteiger partial charge in [0.2, 0.25) is 11.8 Å². The second kappa shape index (κ2) is 4.94. The van der Waals surface area contributed by atoms with Gasteiger partial charge in [-0.25, -0.2) is 0 Å². The molecule has 0 saturated heterocycles. The van der Waals surface area contributed by atoms with E-state index in [9.17, 15) is 4.39 Å². The number of hydrogen-bond donors (Lipinski definition) is 0. The molecular formula is C11H16FNO. The first-order chi connectivity index (χ1) is 6.69. The normalized spacial score (nSPS) is 12.6. The Hall–Kier alpha value is -1.12. The van der Waals surface area contributed by atoms with Gasteiger partial charge in [-0.2, -0.15) is 9.37 Å². The molecule has 1 rings (SSSR count). The highest BCUT2D eigenvalue weighted by molar-refractivity contribution is 5.22. The van der Waals surface area contributed by atoms with Crippen LogP contribution in [0.25, 0.3) is 0 Å². The first kappa shape index (κ1) is 11.0. The fraction of sp³-hybridized carbons (Fsp3) is 0.545. The predicted octanol–water partition coefficient (Wildman–Crippen LogP) is 3.13. The van der Waals surface area contributed by atoms with Crippen LogP contribution in [-0.2, 0) is 0 Å². The van der Waals surface area contributed by atoms with Crippen molar-refractivity contribution in [1.29, 1.82) is 0 Å². The Morgan fingerprint density at radius 2 is 2.21 bits per heavy atom. The Labute approximate surface area is 84.1 Å². The van der Waals surface area contributed by atoms with Crippen LogP contribution >= 0.6 is 0 Å². The summed E-state index contributed by atoms with van der Waals surface area (Å²) in [7, 11) is 1.48. The molecule has 0 radical (unpaired) electrons. The molecule has 0 bridgehead atoms. The van der Waals surface area contributed by atoms with E-state index in [1.807, 2.05) is 6.92 Å². The Kier molecular flexibility index (Phi) is 3.86. The van der Waals surface area contributed by atoms with Crippen molar-refractivity contribution in [2.24, 2.45) is 0 Å². The zero-order valence-electron chi connectivity index (χ0n) is 8.88. The molecule has 0 amide bonds. The number of aromatic nitrogens is 1. The van der Waals surface area contributed by atoms with Crippen molar-refractivity contribution in [2.75, 3.05) is 7.11 Å². The van der Waals surface area contributed by atoms with Crippen LogP contribution in [0.15, 0.2) is 12.1 Å². The zero-order chi connectivity index (χ0) is 10.6. The summed E-state index contributed by atoms with van der Waals surface area (Å²) in [5.74, 6) is 0.138. The van der Waals surface area contributed by atoms with Gasteiger partial charge in [0.15, 0.2) is 0 Å². The predicted molar refractivity (Wildman–Crippen MR) is 54.1 cm³/mol. The quantitative estimate of drug-likeness (QED) is 0.692. The molecule has 2 nitrogen and oxygen atoms in total. The van der Waals surface area contributed by atoms with Crippen LogP contribution in [0.1, 0.15) is 38.2 Å². The molecule has 0 spiro atoms. The molecule has 1 aromatic heterocycles. The first-order valence-electron chi connectivity index (χ1n) is 4.89. The van der Waals surface area contributed by atoms with E-state index < -0.39 is 5.95 Å². The number of methoxy groups -OCH3 is 1. The summed E-state index contributed by atoms with van der Waals surface area (Å²) in [4.78, 5) is 3.71. The lowest BCUT2D eigenvalue weighted by molar-refractivity contribution is 0.384. The largest absolute Gasteiger partial charge is 0.481 e. The number of ether oxygens (including phenoxy) is 1. The van der Waals surface area contributed by atoms with E-state index in [4.69, 9.17) is 4.74 Å². The molecule has 0 aliphatic carbocycles. The highest BCUT2D eigenvalue weighted by atomic mass is 19.1. The molecule has 78 valence electrons. The highest BCUT2D eigenvalue weighted by Crippen LogP contribution is 2.23. The molecule has 0 aliphatic rings. The maximum atomic E-state index is 13.4. The van der Waals surface area contributed by atoms with Gasteiger partial charge >= 0.3 is 0 Å². The van der Waals surface area contributed by atoms with Crippen molar-refractivity contribution in [1.82, 2.24) is 4.98 Å². The van der Waals surface area contributed by atoms with Crippen molar-refractivity contribution < 1.29 is 9.13 Å². The van der Waals surface area contributed by atoms with E-state index in [1.54, 1.807) is 12.1 Å². The number of rotatable bonds is 4. The van der Waals surface area contributed by atoms with Crippen LogP contribution in [0.3, 0.4) is 0 Å². The molecule has 0 N–H and O–H groups in total. The minimum Gasteiger partial charge on any atom is -0.481 e. The number of nitrogens with zero attached hydrogens (tertiary/aromatic N) is 1. The molecule has 0 saturated carbocycles. The lowest BCUT2D eigenvalue weighted by Gasteiger charge is -2.11. The fourth-order valence-electron chi connectivity index (χ4n) is 1.50. The third-order valence-electron chi connectivity index (χ3n) is 2.31. The van der Waals surface area contributed by atoms with E-state index in [0.717, 1.165) is 12.8 Å². The van der Waals surface area contributed by atoms with E-state index in [2.05, 4.69) is 11.9 Å². The Balaban J connectivity index is 2.88. The topological polar surface area (TPSA) is 22.1 Å². The second-order valence-corrected chi connectivity index (χ2v) is 3.42. The lowest BCUT2D eigenvalue weighted by atomic mass is 9.98. The zero-order valence-corrected chi connectivity index (χ0v) is 8.88. The SMILES string of the molecule is CCCC(C)c1ccc(OC)nc1F. The van der Waals surface area contributed by atoms with Gasteiger partial charge in [0, 0.05) is 11.6 Å². The molecule has 1 heterocycles. The van der Waals surface area contributed by atoms with E-state index in [0.29, 0.717) is 11.4 Å². The monoisotopic (exact) mass is 197 g/mol. The van der Waals surface area contributed by atoms with Gasteiger partial charge in [0.1, 0.15) is 0 Å². The van der Waals surface area contributed by atoms with Gasteiger partial charge in [-0.3, -0.25) is 0 Å². The van der Waals surface area contributed by atoms with Crippen molar-refractivity contribution in [3.63, 3.8) is 0 Å². The average molecular weight is 197 g/mol. The van der Waals surface area contributed by atoms with Gasteiger partial charge in [-0.15, -0.1) is 0 Å². The Bertz CT molecular complexity index is 301.